The average molecular weight is 220 g/mol. The third-order valence-electron chi connectivity index (χ3n) is 1.78. The molecule has 0 aromatic carbocycles. The van der Waals surface area contributed by atoms with Gasteiger partial charge in [-0.3, -0.25) is 9.59 Å². The molecule has 5 nitrogen and oxygen atoms in total. The summed E-state index contributed by atoms with van der Waals surface area (Å²) in [5.74, 6) is 0.0516. The van der Waals surface area contributed by atoms with Crippen molar-refractivity contribution in [3.8, 4) is 0 Å². The number of amides is 2. The van der Waals surface area contributed by atoms with Gasteiger partial charge in [-0.2, -0.15) is 0 Å². The minimum Gasteiger partial charge on any atom is -0.378 e. The summed E-state index contributed by atoms with van der Waals surface area (Å²) in [5, 5.41) is 5.38. The normalized spacial score (nSPS) is 9.73. The van der Waals surface area contributed by atoms with Gasteiger partial charge >= 0.3 is 0 Å². The van der Waals surface area contributed by atoms with Crippen LogP contribution >= 0.6 is 0 Å². The maximum absolute atomic E-state index is 10.8. The molecule has 0 heterocycles. The van der Waals surface area contributed by atoms with Crippen LogP contribution in [0, 0.1) is 0 Å². The van der Waals surface area contributed by atoms with E-state index in [0.717, 1.165) is 0 Å². The molecule has 0 rings (SSSR count). The fourth-order valence-electron chi connectivity index (χ4n) is 0.877. The predicted molar refractivity (Wildman–Crippen MR) is 61.6 cm³/mol. The quantitative estimate of drug-likeness (QED) is 0.587. The molecule has 0 atom stereocenters. The van der Waals surface area contributed by atoms with E-state index in [4.69, 9.17) is 4.74 Å². The molecule has 15 heavy (non-hydrogen) atoms. The van der Waals surface area contributed by atoms with Crippen LogP contribution in [0.25, 0.3) is 0 Å². The lowest BCUT2D eigenvalue weighted by Crippen LogP contribution is -2.29. The number of ether oxygens (including phenoxy) is 1. The summed E-state index contributed by atoms with van der Waals surface area (Å²) < 4.78 is 5.19. The van der Waals surface area contributed by atoms with Crippen LogP contribution in [0.4, 0.5) is 0 Å². The summed E-state index contributed by atoms with van der Waals surface area (Å²) in [7, 11) is 0. The summed E-state index contributed by atoms with van der Waals surface area (Å²) in [6.07, 6.45) is 0.985. The van der Waals surface area contributed by atoms with Crippen molar-refractivity contribution < 1.29 is 17.2 Å². The van der Waals surface area contributed by atoms with Crippen LogP contribution in [0.3, 0.4) is 0 Å². The van der Waals surface area contributed by atoms with Gasteiger partial charge in [0.05, 0.1) is 13.2 Å². The first-order valence-electron chi connectivity index (χ1n) is 5.31. The first-order chi connectivity index (χ1) is 7.20. The molecule has 0 aliphatic heterocycles. The highest BCUT2D eigenvalue weighted by Gasteiger charge is 1.96. The third-order valence-corrected chi connectivity index (χ3v) is 1.78. The highest BCUT2D eigenvalue weighted by molar-refractivity contribution is 5.75. The second-order valence-electron chi connectivity index (χ2n) is 3.02. The second-order valence-corrected chi connectivity index (χ2v) is 3.02. The Kier molecular flexibility index (Phi) is 8.76. The van der Waals surface area contributed by atoms with E-state index in [0.29, 0.717) is 39.1 Å². The van der Waals surface area contributed by atoms with E-state index in [1.807, 2.05) is 0 Å². The molecule has 2 amide bonds. The Bertz CT molecular complexity index is 184. The lowest BCUT2D eigenvalue weighted by Gasteiger charge is -2.06. The molecule has 0 unspecified atom stereocenters. The van der Waals surface area contributed by atoms with Gasteiger partial charge in [0.15, 0.2) is 0 Å². The predicted octanol–water partition coefficient (Wildman–Crippen LogP) is 0.547. The summed E-state index contributed by atoms with van der Waals surface area (Å²) >= 11 is 0. The Hall–Kier alpha value is -1.10. The number of carbonyl (C=O) groups is 2. The molecule has 0 aromatic heterocycles. The van der Waals surface area contributed by atoms with E-state index in [1.165, 1.54) is 0 Å². The van der Waals surface area contributed by atoms with Crippen molar-refractivity contribution in [1.29, 1.82) is 0 Å². The van der Waals surface area contributed by atoms with Gasteiger partial charge in [0, 0.05) is 28.8 Å². The molecular weight excluding hydrogens is 196 g/mol. The van der Waals surface area contributed by atoms with Crippen LogP contribution in [0.2, 0.25) is 0 Å². The second kappa shape index (κ2) is 9.45. The standard InChI is InChI=1S/C10H20N2O3.2H2/c1-3-9(13)11-5-7-15-8-6-12-10(14)4-2;;/h3-8H2,1-2H3,(H,11,13)(H,12,14);2*1H. The summed E-state index contributed by atoms with van der Waals surface area (Å²) in [6, 6.07) is 0. The van der Waals surface area contributed by atoms with Crippen LogP contribution in [-0.2, 0) is 14.3 Å². The molecule has 0 bridgehead atoms. The van der Waals surface area contributed by atoms with E-state index in [1.54, 1.807) is 13.8 Å². The largest absolute Gasteiger partial charge is 0.378 e. The zero-order valence-electron chi connectivity index (χ0n) is 9.47. The lowest BCUT2D eigenvalue weighted by atomic mass is 10.4. The smallest absolute Gasteiger partial charge is 0.219 e. The first-order valence-corrected chi connectivity index (χ1v) is 5.31. The molecular formula is C10H24N2O3. The van der Waals surface area contributed by atoms with Crippen molar-refractivity contribution in [3.05, 3.63) is 0 Å². The highest BCUT2D eigenvalue weighted by Crippen LogP contribution is 1.78. The van der Waals surface area contributed by atoms with Crippen LogP contribution in [0.1, 0.15) is 29.5 Å². The fraction of sp³-hybridized carbons (Fsp3) is 0.800. The molecule has 2 N–H and O–H groups in total. The van der Waals surface area contributed by atoms with Gasteiger partial charge in [0.2, 0.25) is 11.8 Å². The van der Waals surface area contributed by atoms with Gasteiger partial charge in [0.1, 0.15) is 0 Å². The van der Waals surface area contributed by atoms with Gasteiger partial charge in [0.25, 0.3) is 0 Å². The highest BCUT2D eigenvalue weighted by atomic mass is 16.5. The Morgan fingerprint density at radius 1 is 1.00 bits per heavy atom. The van der Waals surface area contributed by atoms with Gasteiger partial charge in [-0.15, -0.1) is 0 Å². The Morgan fingerprint density at radius 2 is 1.40 bits per heavy atom. The van der Waals surface area contributed by atoms with E-state index in [-0.39, 0.29) is 14.7 Å². The summed E-state index contributed by atoms with van der Waals surface area (Å²) in [5.41, 5.74) is 0. The van der Waals surface area contributed by atoms with Gasteiger partial charge < -0.3 is 15.4 Å². The Balaban J connectivity index is -0.000000980. The van der Waals surface area contributed by atoms with E-state index < -0.39 is 0 Å². The molecule has 5 heteroatoms. The van der Waals surface area contributed by atoms with E-state index >= 15 is 0 Å². The maximum Gasteiger partial charge on any atom is 0.219 e. The Labute approximate surface area is 93.5 Å². The molecule has 92 valence electrons. The SMILES string of the molecule is CCC(=O)NCCOCCNC(=O)CC.[HH].[HH]. The van der Waals surface area contributed by atoms with Gasteiger partial charge in [-0.1, -0.05) is 13.8 Å². The monoisotopic (exact) mass is 220 g/mol. The number of rotatable bonds is 8. The molecule has 0 saturated heterocycles. The van der Waals surface area contributed by atoms with Crippen molar-refractivity contribution >= 4 is 11.8 Å². The zero-order chi connectivity index (χ0) is 11.5. The van der Waals surface area contributed by atoms with Crippen molar-refractivity contribution in [2.45, 2.75) is 26.7 Å². The topological polar surface area (TPSA) is 67.4 Å². The zero-order valence-corrected chi connectivity index (χ0v) is 9.47. The van der Waals surface area contributed by atoms with Crippen LogP contribution in [0.5, 0.6) is 0 Å². The van der Waals surface area contributed by atoms with Crippen molar-refractivity contribution in [1.82, 2.24) is 10.6 Å². The number of carbonyl (C=O) groups excluding carboxylic acids is 2. The molecule has 0 spiro atoms. The minimum atomic E-state index is 0. The first kappa shape index (κ1) is 13.9. The molecule has 0 saturated carbocycles. The average Bonchev–Trinajstić information content (AvgIpc) is 2.26. The molecule has 0 aromatic rings. The summed E-state index contributed by atoms with van der Waals surface area (Å²) in [4.78, 5) is 21.6. The number of nitrogens with one attached hydrogen (secondary N) is 2. The molecule has 0 aliphatic rings. The van der Waals surface area contributed by atoms with Crippen LogP contribution in [0.15, 0.2) is 0 Å². The van der Waals surface area contributed by atoms with Crippen LogP contribution < -0.4 is 10.6 Å². The van der Waals surface area contributed by atoms with E-state index in [9.17, 15) is 9.59 Å². The van der Waals surface area contributed by atoms with Crippen molar-refractivity contribution in [2.75, 3.05) is 26.3 Å². The molecule has 0 radical (unpaired) electrons. The Morgan fingerprint density at radius 3 is 1.73 bits per heavy atom. The van der Waals surface area contributed by atoms with Crippen LogP contribution in [-0.4, -0.2) is 38.1 Å². The molecule has 0 aliphatic carbocycles. The van der Waals surface area contributed by atoms with Gasteiger partial charge in [-0.05, 0) is 0 Å². The van der Waals surface area contributed by atoms with Crippen molar-refractivity contribution in [2.24, 2.45) is 0 Å². The summed E-state index contributed by atoms with van der Waals surface area (Å²) in [6.45, 7) is 5.61. The fourth-order valence-corrected chi connectivity index (χ4v) is 0.877. The third kappa shape index (κ3) is 9.21. The minimum absolute atomic E-state index is 0. The lowest BCUT2D eigenvalue weighted by molar-refractivity contribution is -0.121. The van der Waals surface area contributed by atoms with Crippen molar-refractivity contribution in [3.63, 3.8) is 0 Å². The maximum atomic E-state index is 10.8. The van der Waals surface area contributed by atoms with E-state index in [2.05, 4.69) is 10.6 Å². The number of hydrogen-bond donors (Lipinski definition) is 2. The van der Waals surface area contributed by atoms with Gasteiger partial charge in [-0.25, -0.2) is 0 Å². The molecule has 0 fully saturated rings. The number of hydrogen-bond acceptors (Lipinski definition) is 3.